The van der Waals surface area contributed by atoms with Gasteiger partial charge in [-0.15, -0.1) is 0 Å². The molecule has 0 aliphatic heterocycles. The molecule has 23 heavy (non-hydrogen) atoms. The fraction of sp³-hybridized carbons (Fsp3) is 0.158. The largest absolute Gasteiger partial charge is 0.322 e. The first-order chi connectivity index (χ1) is 11.1. The Morgan fingerprint density at radius 2 is 1.83 bits per heavy atom. The fourth-order valence-electron chi connectivity index (χ4n) is 2.66. The SMILES string of the molecule is CCc1cccc(NC(=O)c2cn(C)c(=O)c3ccccc23)c1. The quantitative estimate of drug-likeness (QED) is 0.806. The van der Waals surface area contributed by atoms with Crippen LogP contribution in [-0.2, 0) is 13.5 Å². The third kappa shape index (κ3) is 2.88. The number of amides is 1. The molecule has 4 nitrogen and oxygen atoms in total. The zero-order valence-electron chi connectivity index (χ0n) is 13.2. The second-order valence-corrected chi connectivity index (χ2v) is 5.51. The molecule has 0 saturated carbocycles. The van der Waals surface area contributed by atoms with E-state index < -0.39 is 0 Å². The molecule has 0 aliphatic carbocycles. The van der Waals surface area contributed by atoms with E-state index in [0.717, 1.165) is 17.7 Å². The molecule has 0 fully saturated rings. The van der Waals surface area contributed by atoms with E-state index in [1.54, 1.807) is 31.4 Å². The van der Waals surface area contributed by atoms with Crippen LogP contribution in [0.25, 0.3) is 10.8 Å². The number of carbonyl (C=O) groups excluding carboxylic acids is 1. The van der Waals surface area contributed by atoms with E-state index in [1.165, 1.54) is 4.57 Å². The molecule has 0 spiro atoms. The molecule has 2 aromatic carbocycles. The predicted molar refractivity (Wildman–Crippen MR) is 93.0 cm³/mol. The molecular weight excluding hydrogens is 288 g/mol. The van der Waals surface area contributed by atoms with Gasteiger partial charge in [-0.05, 0) is 30.2 Å². The van der Waals surface area contributed by atoms with Gasteiger partial charge in [0.1, 0.15) is 0 Å². The summed E-state index contributed by atoms with van der Waals surface area (Å²) < 4.78 is 1.44. The lowest BCUT2D eigenvalue weighted by molar-refractivity contribution is 0.102. The van der Waals surface area contributed by atoms with Gasteiger partial charge in [-0.3, -0.25) is 9.59 Å². The van der Waals surface area contributed by atoms with Gasteiger partial charge in [0.15, 0.2) is 0 Å². The number of pyridine rings is 1. The van der Waals surface area contributed by atoms with Crippen LogP contribution < -0.4 is 10.9 Å². The summed E-state index contributed by atoms with van der Waals surface area (Å²) in [5.41, 5.74) is 2.30. The van der Waals surface area contributed by atoms with Gasteiger partial charge in [0, 0.05) is 29.7 Å². The Bertz CT molecular complexity index is 941. The number of nitrogens with zero attached hydrogens (tertiary/aromatic N) is 1. The van der Waals surface area contributed by atoms with E-state index in [-0.39, 0.29) is 11.5 Å². The van der Waals surface area contributed by atoms with Gasteiger partial charge in [-0.25, -0.2) is 0 Å². The predicted octanol–water partition coefficient (Wildman–Crippen LogP) is 3.35. The Balaban J connectivity index is 2.04. The van der Waals surface area contributed by atoms with Crippen molar-refractivity contribution in [1.82, 2.24) is 4.57 Å². The van der Waals surface area contributed by atoms with Crippen molar-refractivity contribution in [2.24, 2.45) is 7.05 Å². The first-order valence-corrected chi connectivity index (χ1v) is 7.59. The van der Waals surface area contributed by atoms with Crippen molar-refractivity contribution < 1.29 is 4.79 Å². The molecular formula is C19H18N2O2. The zero-order chi connectivity index (χ0) is 16.4. The maximum atomic E-state index is 12.7. The Hall–Kier alpha value is -2.88. The van der Waals surface area contributed by atoms with Gasteiger partial charge in [0.05, 0.1) is 5.56 Å². The van der Waals surface area contributed by atoms with E-state index in [2.05, 4.69) is 12.2 Å². The van der Waals surface area contributed by atoms with Gasteiger partial charge in [-0.2, -0.15) is 0 Å². The van der Waals surface area contributed by atoms with Crippen LogP contribution in [0.1, 0.15) is 22.8 Å². The zero-order valence-corrected chi connectivity index (χ0v) is 13.2. The maximum Gasteiger partial charge on any atom is 0.258 e. The van der Waals surface area contributed by atoms with Gasteiger partial charge >= 0.3 is 0 Å². The molecule has 0 saturated heterocycles. The minimum absolute atomic E-state index is 0.106. The molecule has 1 heterocycles. The molecule has 3 aromatic rings. The Kier molecular flexibility index (Phi) is 3.98. The molecule has 4 heteroatoms. The average Bonchev–Trinajstić information content (AvgIpc) is 2.58. The maximum absolute atomic E-state index is 12.7. The fourth-order valence-corrected chi connectivity index (χ4v) is 2.66. The number of anilines is 1. The van der Waals surface area contributed by atoms with Crippen molar-refractivity contribution in [3.63, 3.8) is 0 Å². The first-order valence-electron chi connectivity index (χ1n) is 7.59. The van der Waals surface area contributed by atoms with E-state index in [1.807, 2.05) is 30.3 Å². The van der Waals surface area contributed by atoms with Crippen molar-refractivity contribution in [2.45, 2.75) is 13.3 Å². The summed E-state index contributed by atoms with van der Waals surface area (Å²) in [6.45, 7) is 2.07. The third-order valence-corrected chi connectivity index (χ3v) is 3.93. The summed E-state index contributed by atoms with van der Waals surface area (Å²) in [6, 6.07) is 14.9. The summed E-state index contributed by atoms with van der Waals surface area (Å²) in [7, 11) is 1.66. The number of nitrogens with one attached hydrogen (secondary N) is 1. The topological polar surface area (TPSA) is 51.1 Å². The number of aromatic nitrogens is 1. The first kappa shape index (κ1) is 15.0. The van der Waals surface area contributed by atoms with Crippen molar-refractivity contribution in [1.29, 1.82) is 0 Å². The summed E-state index contributed by atoms with van der Waals surface area (Å²) in [5, 5.41) is 4.13. The monoisotopic (exact) mass is 306 g/mol. The molecule has 0 unspecified atom stereocenters. The number of benzene rings is 2. The van der Waals surface area contributed by atoms with E-state index >= 15 is 0 Å². The summed E-state index contributed by atoms with van der Waals surface area (Å²) in [5.74, 6) is -0.218. The van der Waals surface area contributed by atoms with Gasteiger partial charge in [0.2, 0.25) is 0 Å². The highest BCUT2D eigenvalue weighted by molar-refractivity contribution is 6.12. The highest BCUT2D eigenvalue weighted by Gasteiger charge is 2.13. The van der Waals surface area contributed by atoms with Crippen LogP contribution in [0.4, 0.5) is 5.69 Å². The van der Waals surface area contributed by atoms with Crippen LogP contribution in [0.15, 0.2) is 59.5 Å². The van der Waals surface area contributed by atoms with Crippen molar-refractivity contribution in [3.8, 4) is 0 Å². The van der Waals surface area contributed by atoms with Gasteiger partial charge in [-0.1, -0.05) is 37.3 Å². The molecule has 0 bridgehead atoms. The molecule has 0 aliphatic rings. The summed E-state index contributed by atoms with van der Waals surface area (Å²) in [4.78, 5) is 24.8. The van der Waals surface area contributed by atoms with Gasteiger partial charge in [0.25, 0.3) is 11.5 Å². The summed E-state index contributed by atoms with van der Waals surface area (Å²) >= 11 is 0. The average molecular weight is 306 g/mol. The van der Waals surface area contributed by atoms with E-state index in [4.69, 9.17) is 0 Å². The molecule has 1 amide bonds. The van der Waals surface area contributed by atoms with Crippen molar-refractivity contribution >= 4 is 22.4 Å². The second kappa shape index (κ2) is 6.08. The van der Waals surface area contributed by atoms with Crippen LogP contribution >= 0.6 is 0 Å². The van der Waals surface area contributed by atoms with E-state index in [0.29, 0.717) is 16.3 Å². The summed E-state index contributed by atoms with van der Waals surface area (Å²) in [6.07, 6.45) is 2.50. The minimum Gasteiger partial charge on any atom is -0.322 e. The number of hydrogen-bond acceptors (Lipinski definition) is 2. The van der Waals surface area contributed by atoms with Crippen LogP contribution in [0.2, 0.25) is 0 Å². The smallest absolute Gasteiger partial charge is 0.258 e. The molecule has 1 aromatic heterocycles. The molecule has 116 valence electrons. The number of aryl methyl sites for hydroxylation is 2. The van der Waals surface area contributed by atoms with Crippen LogP contribution in [0, 0.1) is 0 Å². The van der Waals surface area contributed by atoms with E-state index in [9.17, 15) is 9.59 Å². The second-order valence-electron chi connectivity index (χ2n) is 5.51. The van der Waals surface area contributed by atoms with Crippen molar-refractivity contribution in [2.75, 3.05) is 5.32 Å². The van der Waals surface area contributed by atoms with Crippen LogP contribution in [0.5, 0.6) is 0 Å². The lowest BCUT2D eigenvalue weighted by Crippen LogP contribution is -2.21. The number of carbonyl (C=O) groups is 1. The minimum atomic E-state index is -0.218. The molecule has 0 radical (unpaired) electrons. The lowest BCUT2D eigenvalue weighted by atomic mass is 10.1. The normalized spacial score (nSPS) is 10.7. The number of hydrogen-bond donors (Lipinski definition) is 1. The van der Waals surface area contributed by atoms with Gasteiger partial charge < -0.3 is 9.88 Å². The Morgan fingerprint density at radius 3 is 2.57 bits per heavy atom. The Morgan fingerprint density at radius 1 is 1.09 bits per heavy atom. The number of rotatable bonds is 3. The highest BCUT2D eigenvalue weighted by Crippen LogP contribution is 2.18. The van der Waals surface area contributed by atoms with Crippen LogP contribution in [0.3, 0.4) is 0 Å². The lowest BCUT2D eigenvalue weighted by Gasteiger charge is -2.10. The molecule has 0 atom stereocenters. The number of fused-ring (bicyclic) bond motifs is 1. The molecule has 3 rings (SSSR count). The highest BCUT2D eigenvalue weighted by atomic mass is 16.2. The molecule has 1 N–H and O–H groups in total. The third-order valence-electron chi connectivity index (χ3n) is 3.93. The standard InChI is InChI=1S/C19H18N2O2/c1-3-13-7-6-8-14(11-13)20-18(22)17-12-21(2)19(23)16-10-5-4-9-15(16)17/h4-12H,3H2,1-2H3,(H,20,22). The van der Waals surface area contributed by atoms with Crippen molar-refractivity contribution in [3.05, 3.63) is 76.2 Å². The Labute approximate surface area is 134 Å². The van der Waals surface area contributed by atoms with Crippen LogP contribution in [-0.4, -0.2) is 10.5 Å².